The smallest absolute Gasteiger partial charge is 0.225 e. The fraction of sp³-hybridized carbons (Fsp3) is 0.462. The molecular weight excluding hydrogens is 432 g/mol. The van der Waals surface area contributed by atoms with Crippen LogP contribution in [0.15, 0.2) is 30.6 Å². The first-order valence-electron chi connectivity index (χ1n) is 11.8. The maximum Gasteiger partial charge on any atom is 0.225 e. The number of H-pyrrole nitrogens is 2. The van der Waals surface area contributed by atoms with Crippen molar-refractivity contribution in [3.8, 4) is 5.75 Å². The summed E-state index contributed by atoms with van der Waals surface area (Å²) in [5.74, 6) is 1.16. The molecule has 0 saturated heterocycles. The van der Waals surface area contributed by atoms with Crippen molar-refractivity contribution in [2.75, 3.05) is 7.11 Å². The second-order valence-corrected chi connectivity index (χ2v) is 8.75. The van der Waals surface area contributed by atoms with E-state index >= 15 is 0 Å². The largest absolute Gasteiger partial charge is 0.497 e. The number of rotatable bonds is 13. The maximum absolute atomic E-state index is 13.1. The maximum atomic E-state index is 13.1. The number of nitrogens with zero attached hydrogens (tertiary/aromatic N) is 1. The standard InChI is InChI=1S/C26H34N4O4/c1-5-19(32)13-18(17(3)31)7-6-8-24(26-27-11-12-28-26)30-25(33)15-21-16(2)29-23-10-9-20(34-4)14-22(21)23/h9-12,14,18,24,29H,5-8,13,15H2,1-4H3,(H,27,28)(H,30,33)/t18?,24-/m0/s1. The van der Waals surface area contributed by atoms with Gasteiger partial charge < -0.3 is 20.0 Å². The highest BCUT2D eigenvalue weighted by Crippen LogP contribution is 2.27. The third kappa shape index (κ3) is 6.34. The van der Waals surface area contributed by atoms with E-state index in [9.17, 15) is 14.4 Å². The van der Waals surface area contributed by atoms with Gasteiger partial charge in [0.25, 0.3) is 0 Å². The van der Waals surface area contributed by atoms with Gasteiger partial charge in [0, 0.05) is 47.8 Å². The van der Waals surface area contributed by atoms with Crippen molar-refractivity contribution in [3.05, 3.63) is 47.7 Å². The number of aromatic amines is 2. The van der Waals surface area contributed by atoms with Crippen molar-refractivity contribution >= 4 is 28.4 Å². The molecule has 2 heterocycles. The molecule has 2 aromatic heterocycles. The number of hydrogen-bond acceptors (Lipinski definition) is 5. The lowest BCUT2D eigenvalue weighted by atomic mass is 9.91. The molecule has 182 valence electrons. The zero-order valence-electron chi connectivity index (χ0n) is 20.4. The monoisotopic (exact) mass is 466 g/mol. The number of aromatic nitrogens is 3. The molecule has 34 heavy (non-hydrogen) atoms. The number of carbonyl (C=O) groups is 3. The molecule has 0 radical (unpaired) electrons. The number of nitrogens with one attached hydrogen (secondary N) is 3. The molecule has 1 unspecified atom stereocenters. The summed E-state index contributed by atoms with van der Waals surface area (Å²) >= 11 is 0. The molecule has 0 spiro atoms. The number of amides is 1. The predicted octanol–water partition coefficient (Wildman–Crippen LogP) is 4.35. The van der Waals surface area contributed by atoms with E-state index in [-0.39, 0.29) is 42.3 Å². The third-order valence-electron chi connectivity index (χ3n) is 6.34. The minimum atomic E-state index is -0.308. The molecule has 0 saturated carbocycles. The fourth-order valence-corrected chi connectivity index (χ4v) is 4.30. The van der Waals surface area contributed by atoms with Gasteiger partial charge in [-0.15, -0.1) is 0 Å². The first kappa shape index (κ1) is 25.2. The summed E-state index contributed by atoms with van der Waals surface area (Å²) in [5.41, 5.74) is 2.83. The molecule has 3 N–H and O–H groups in total. The van der Waals surface area contributed by atoms with Gasteiger partial charge in [0.2, 0.25) is 5.91 Å². The van der Waals surface area contributed by atoms with Crippen molar-refractivity contribution in [2.45, 2.75) is 65.3 Å². The van der Waals surface area contributed by atoms with Crippen LogP contribution in [0.1, 0.15) is 69.1 Å². The number of aryl methyl sites for hydroxylation is 1. The van der Waals surface area contributed by atoms with Crippen molar-refractivity contribution in [1.29, 1.82) is 0 Å². The van der Waals surface area contributed by atoms with Crippen LogP contribution in [-0.4, -0.2) is 39.5 Å². The van der Waals surface area contributed by atoms with Crippen LogP contribution in [0.25, 0.3) is 10.9 Å². The van der Waals surface area contributed by atoms with Crippen LogP contribution in [0.4, 0.5) is 0 Å². The molecule has 8 nitrogen and oxygen atoms in total. The first-order valence-corrected chi connectivity index (χ1v) is 11.8. The van der Waals surface area contributed by atoms with Gasteiger partial charge in [0.15, 0.2) is 0 Å². The zero-order chi connectivity index (χ0) is 24.7. The average molecular weight is 467 g/mol. The summed E-state index contributed by atoms with van der Waals surface area (Å²) in [6.45, 7) is 5.31. The quantitative estimate of drug-likeness (QED) is 0.346. The van der Waals surface area contributed by atoms with E-state index < -0.39 is 0 Å². The third-order valence-corrected chi connectivity index (χ3v) is 6.34. The Hall–Kier alpha value is -3.42. The van der Waals surface area contributed by atoms with Crippen LogP contribution in [0.3, 0.4) is 0 Å². The molecule has 8 heteroatoms. The zero-order valence-corrected chi connectivity index (χ0v) is 20.4. The molecule has 3 rings (SSSR count). The lowest BCUT2D eigenvalue weighted by Crippen LogP contribution is -2.31. The highest BCUT2D eigenvalue weighted by molar-refractivity contribution is 5.91. The summed E-state index contributed by atoms with van der Waals surface area (Å²) in [6, 6.07) is 5.46. The molecule has 0 bridgehead atoms. The summed E-state index contributed by atoms with van der Waals surface area (Å²) in [7, 11) is 1.62. The fourth-order valence-electron chi connectivity index (χ4n) is 4.30. The lowest BCUT2D eigenvalue weighted by Gasteiger charge is -2.19. The first-order chi connectivity index (χ1) is 16.3. The SMILES string of the molecule is CCC(=O)CC(CCC[C@H](NC(=O)Cc1c(C)[nH]c2ccc(OC)cc12)c1ncc[nH]1)C(C)=O. The molecule has 1 amide bonds. The number of hydrogen-bond donors (Lipinski definition) is 3. The molecule has 0 aliphatic carbocycles. The van der Waals surface area contributed by atoms with Gasteiger partial charge in [0.05, 0.1) is 19.6 Å². The average Bonchev–Trinajstić information content (AvgIpc) is 3.45. The Balaban J connectivity index is 1.68. The van der Waals surface area contributed by atoms with E-state index in [1.807, 2.05) is 32.0 Å². The molecule has 2 atom stereocenters. The van der Waals surface area contributed by atoms with Gasteiger partial charge >= 0.3 is 0 Å². The minimum absolute atomic E-state index is 0.0330. The van der Waals surface area contributed by atoms with Crippen LogP contribution in [0, 0.1) is 12.8 Å². The van der Waals surface area contributed by atoms with Gasteiger partial charge in [-0.05, 0) is 50.5 Å². The molecular formula is C26H34N4O4. The number of ketones is 2. The Kier molecular flexibility index (Phi) is 8.62. The summed E-state index contributed by atoms with van der Waals surface area (Å²) < 4.78 is 5.34. The number of fused-ring (bicyclic) bond motifs is 1. The van der Waals surface area contributed by atoms with Crippen LogP contribution in [-0.2, 0) is 20.8 Å². The van der Waals surface area contributed by atoms with Gasteiger partial charge in [-0.3, -0.25) is 14.4 Å². The number of carbonyl (C=O) groups excluding carboxylic acids is 3. The molecule has 3 aromatic rings. The van der Waals surface area contributed by atoms with Crippen molar-refractivity contribution in [1.82, 2.24) is 20.3 Å². The Morgan fingerprint density at radius 1 is 1.21 bits per heavy atom. The van der Waals surface area contributed by atoms with E-state index in [0.717, 1.165) is 27.9 Å². The second kappa shape index (κ2) is 11.6. The second-order valence-electron chi connectivity index (χ2n) is 8.75. The molecule has 1 aromatic carbocycles. The molecule has 0 aliphatic heterocycles. The normalized spacial score (nSPS) is 12.9. The number of benzene rings is 1. The molecule has 0 fully saturated rings. The topological polar surface area (TPSA) is 117 Å². The Morgan fingerprint density at radius 2 is 2.00 bits per heavy atom. The van der Waals surface area contributed by atoms with E-state index in [1.165, 1.54) is 6.92 Å². The van der Waals surface area contributed by atoms with Gasteiger partial charge in [-0.1, -0.05) is 13.3 Å². The number of Topliss-reactive ketones (excluding diaryl/α,β-unsaturated/α-hetero) is 2. The van der Waals surface area contributed by atoms with Crippen molar-refractivity contribution in [3.63, 3.8) is 0 Å². The summed E-state index contributed by atoms with van der Waals surface area (Å²) in [5, 5.41) is 4.07. The number of imidazole rings is 1. The van der Waals surface area contributed by atoms with Crippen LogP contribution < -0.4 is 10.1 Å². The van der Waals surface area contributed by atoms with E-state index in [2.05, 4.69) is 20.3 Å². The summed E-state index contributed by atoms with van der Waals surface area (Å²) in [6.07, 6.45) is 6.24. The van der Waals surface area contributed by atoms with Crippen molar-refractivity contribution in [2.24, 2.45) is 5.92 Å². The minimum Gasteiger partial charge on any atom is -0.497 e. The predicted molar refractivity (Wildman–Crippen MR) is 131 cm³/mol. The molecule has 0 aliphatic rings. The van der Waals surface area contributed by atoms with E-state index in [0.29, 0.717) is 31.5 Å². The lowest BCUT2D eigenvalue weighted by molar-refractivity contribution is -0.126. The van der Waals surface area contributed by atoms with Crippen LogP contribution in [0.2, 0.25) is 0 Å². The van der Waals surface area contributed by atoms with E-state index in [1.54, 1.807) is 19.5 Å². The van der Waals surface area contributed by atoms with Crippen LogP contribution >= 0.6 is 0 Å². The van der Waals surface area contributed by atoms with Gasteiger partial charge in [-0.2, -0.15) is 0 Å². The summed E-state index contributed by atoms with van der Waals surface area (Å²) in [4.78, 5) is 47.6. The Labute approximate surface area is 199 Å². The van der Waals surface area contributed by atoms with E-state index in [4.69, 9.17) is 4.74 Å². The van der Waals surface area contributed by atoms with Crippen molar-refractivity contribution < 1.29 is 19.1 Å². The Morgan fingerprint density at radius 3 is 2.65 bits per heavy atom. The number of methoxy groups -OCH3 is 1. The highest BCUT2D eigenvalue weighted by atomic mass is 16.5. The van der Waals surface area contributed by atoms with Crippen LogP contribution in [0.5, 0.6) is 5.75 Å². The Bertz CT molecular complexity index is 1130. The van der Waals surface area contributed by atoms with Gasteiger partial charge in [0.1, 0.15) is 23.1 Å². The highest BCUT2D eigenvalue weighted by Gasteiger charge is 2.22. The number of ether oxygens (including phenoxy) is 1. The van der Waals surface area contributed by atoms with Gasteiger partial charge in [-0.25, -0.2) is 4.98 Å².